The summed E-state index contributed by atoms with van der Waals surface area (Å²) in [6.07, 6.45) is -0.0996. The number of carbonyl (C=O) groups is 2. The number of hydrogen-bond acceptors (Lipinski definition) is 7. The van der Waals surface area contributed by atoms with Gasteiger partial charge in [0, 0.05) is 6.07 Å². The molecule has 0 bridgehead atoms. The third-order valence-electron chi connectivity index (χ3n) is 1.97. The molecule has 0 aliphatic rings. The van der Waals surface area contributed by atoms with Gasteiger partial charge in [0.25, 0.3) is 0 Å². The van der Waals surface area contributed by atoms with E-state index in [0.717, 1.165) is 4.68 Å². The normalized spacial score (nSPS) is 10.9. The summed E-state index contributed by atoms with van der Waals surface area (Å²) in [6.45, 7) is 3.88. The Morgan fingerprint density at radius 1 is 1.60 bits per heavy atom. The van der Waals surface area contributed by atoms with Crippen molar-refractivity contribution < 1.29 is 24.3 Å². The minimum Gasteiger partial charge on any atom is -0.477 e. The van der Waals surface area contributed by atoms with Crippen LogP contribution in [0.15, 0.2) is 11.2 Å². The van der Waals surface area contributed by atoms with Crippen LogP contribution in [0.5, 0.6) is 0 Å². The first-order valence-electron chi connectivity index (χ1n) is 5.80. The fourth-order valence-electron chi connectivity index (χ4n) is 1.19. The predicted octanol–water partition coefficient (Wildman–Crippen LogP) is 0.693. The number of ether oxygens (including phenoxy) is 1. The quantitative estimate of drug-likeness (QED) is 0.580. The maximum absolute atomic E-state index is 11.8. The molecule has 0 aliphatic carbocycles. The van der Waals surface area contributed by atoms with E-state index in [9.17, 15) is 9.59 Å². The van der Waals surface area contributed by atoms with Gasteiger partial charge in [-0.2, -0.15) is 4.68 Å². The van der Waals surface area contributed by atoms with Crippen LogP contribution in [0.3, 0.4) is 0 Å². The zero-order valence-corrected chi connectivity index (χ0v) is 11.1. The summed E-state index contributed by atoms with van der Waals surface area (Å²) in [7, 11) is 0. The van der Waals surface area contributed by atoms with Gasteiger partial charge in [-0.15, -0.1) is 5.10 Å². The fraction of sp³-hybridized carbons (Fsp3) is 0.455. The van der Waals surface area contributed by atoms with Crippen LogP contribution in [-0.4, -0.2) is 39.8 Å². The molecule has 1 heterocycles. The van der Waals surface area contributed by atoms with Gasteiger partial charge in [0.15, 0.2) is 12.8 Å². The van der Waals surface area contributed by atoms with Gasteiger partial charge in [-0.3, -0.25) is 0 Å². The number of oxime groups is 1. The monoisotopic (exact) mass is 284 g/mol. The molecule has 20 heavy (non-hydrogen) atoms. The standard InChI is InChI=1S/C11H16N4O5/c1-7(2)5-19-11(18)15-8(3-9(12)14-15)6-20-13-4-10(16)17/h3-4,7H,5-6H2,1-2H3,(H2,12,14)(H,16,17). The second kappa shape index (κ2) is 7.12. The maximum Gasteiger partial charge on any atom is 0.435 e. The molecule has 0 saturated carbocycles. The number of hydrogen-bond donors (Lipinski definition) is 2. The highest BCUT2D eigenvalue weighted by molar-refractivity contribution is 6.21. The number of anilines is 1. The van der Waals surface area contributed by atoms with Gasteiger partial charge in [-0.05, 0) is 5.92 Å². The molecular weight excluding hydrogens is 268 g/mol. The Morgan fingerprint density at radius 2 is 2.30 bits per heavy atom. The lowest BCUT2D eigenvalue weighted by atomic mass is 10.2. The lowest BCUT2D eigenvalue weighted by molar-refractivity contribution is -0.129. The maximum atomic E-state index is 11.8. The zero-order chi connectivity index (χ0) is 15.1. The van der Waals surface area contributed by atoms with Crippen LogP contribution in [0.1, 0.15) is 19.5 Å². The molecule has 0 amide bonds. The molecule has 9 nitrogen and oxygen atoms in total. The molecule has 0 aliphatic heterocycles. The fourth-order valence-corrected chi connectivity index (χ4v) is 1.19. The molecule has 0 spiro atoms. The van der Waals surface area contributed by atoms with E-state index in [4.69, 9.17) is 20.4 Å². The van der Waals surface area contributed by atoms with E-state index in [1.807, 2.05) is 13.8 Å². The highest BCUT2D eigenvalue weighted by Gasteiger charge is 2.15. The summed E-state index contributed by atoms with van der Waals surface area (Å²) in [4.78, 5) is 26.7. The van der Waals surface area contributed by atoms with Gasteiger partial charge in [0.2, 0.25) is 0 Å². The topological polar surface area (TPSA) is 129 Å². The predicted molar refractivity (Wildman–Crippen MR) is 69.1 cm³/mol. The van der Waals surface area contributed by atoms with Crippen LogP contribution in [0.25, 0.3) is 0 Å². The highest BCUT2D eigenvalue weighted by atomic mass is 16.6. The van der Waals surface area contributed by atoms with Crippen LogP contribution < -0.4 is 5.73 Å². The van der Waals surface area contributed by atoms with Crippen molar-refractivity contribution in [1.29, 1.82) is 0 Å². The SMILES string of the molecule is CC(C)COC(=O)n1nc(N)cc1CON=CC(=O)O. The molecule has 0 saturated heterocycles. The first-order chi connectivity index (χ1) is 9.40. The highest BCUT2D eigenvalue weighted by Crippen LogP contribution is 2.09. The Morgan fingerprint density at radius 3 is 2.90 bits per heavy atom. The number of nitrogens with two attached hydrogens (primary N) is 1. The second-order valence-electron chi connectivity index (χ2n) is 4.29. The average Bonchev–Trinajstić information content (AvgIpc) is 2.72. The van der Waals surface area contributed by atoms with E-state index in [1.54, 1.807) is 0 Å². The smallest absolute Gasteiger partial charge is 0.435 e. The Labute approximate surface area is 114 Å². The number of carboxylic acids is 1. The molecule has 110 valence electrons. The van der Waals surface area contributed by atoms with Crippen LogP contribution in [0.4, 0.5) is 10.6 Å². The summed E-state index contributed by atoms with van der Waals surface area (Å²) < 4.78 is 5.96. The third-order valence-corrected chi connectivity index (χ3v) is 1.97. The van der Waals surface area contributed by atoms with Crippen molar-refractivity contribution in [2.75, 3.05) is 12.3 Å². The number of carbonyl (C=O) groups excluding carboxylic acids is 1. The number of nitrogens with zero attached hydrogens (tertiary/aromatic N) is 3. The Kier molecular flexibility index (Phi) is 5.51. The lowest BCUT2D eigenvalue weighted by Crippen LogP contribution is -2.20. The molecule has 3 N–H and O–H groups in total. The zero-order valence-electron chi connectivity index (χ0n) is 11.1. The van der Waals surface area contributed by atoms with Crippen molar-refractivity contribution >= 4 is 24.1 Å². The van der Waals surface area contributed by atoms with Crippen LogP contribution >= 0.6 is 0 Å². The summed E-state index contributed by atoms with van der Waals surface area (Å²) in [5.74, 6) is -0.937. The van der Waals surface area contributed by atoms with Gasteiger partial charge >= 0.3 is 12.1 Å². The first kappa shape index (κ1) is 15.5. The van der Waals surface area contributed by atoms with E-state index in [-0.39, 0.29) is 24.9 Å². The van der Waals surface area contributed by atoms with Crippen LogP contribution in [-0.2, 0) is 21.0 Å². The number of aliphatic carboxylic acids is 1. The Bertz CT molecular complexity index is 509. The number of aromatic nitrogens is 2. The van der Waals surface area contributed by atoms with Crippen molar-refractivity contribution in [3.8, 4) is 0 Å². The van der Waals surface area contributed by atoms with Crippen molar-refractivity contribution in [1.82, 2.24) is 9.78 Å². The summed E-state index contributed by atoms with van der Waals surface area (Å²) in [6, 6.07) is 1.41. The van der Waals surface area contributed by atoms with E-state index in [1.165, 1.54) is 6.07 Å². The van der Waals surface area contributed by atoms with Gasteiger partial charge < -0.3 is 20.4 Å². The minimum atomic E-state index is -1.24. The second-order valence-corrected chi connectivity index (χ2v) is 4.29. The lowest BCUT2D eigenvalue weighted by Gasteiger charge is -2.08. The van der Waals surface area contributed by atoms with Gasteiger partial charge in [0.05, 0.1) is 12.3 Å². The molecule has 0 atom stereocenters. The van der Waals surface area contributed by atoms with Gasteiger partial charge in [-0.1, -0.05) is 19.0 Å². The van der Waals surface area contributed by atoms with Gasteiger partial charge in [0.1, 0.15) is 5.82 Å². The van der Waals surface area contributed by atoms with Crippen molar-refractivity contribution in [3.05, 3.63) is 11.8 Å². The van der Waals surface area contributed by atoms with Crippen LogP contribution in [0.2, 0.25) is 0 Å². The number of carboxylic acid groups (broad SMARTS) is 1. The summed E-state index contributed by atoms with van der Waals surface area (Å²) in [5, 5.41) is 15.3. The van der Waals surface area contributed by atoms with Crippen LogP contribution in [0, 0.1) is 5.92 Å². The summed E-state index contributed by atoms with van der Waals surface area (Å²) >= 11 is 0. The van der Waals surface area contributed by atoms with Gasteiger partial charge in [-0.25, -0.2) is 9.59 Å². The van der Waals surface area contributed by atoms with Crippen molar-refractivity contribution in [2.24, 2.45) is 11.1 Å². The molecule has 9 heteroatoms. The molecule has 1 rings (SSSR count). The number of rotatable bonds is 6. The Balaban J connectivity index is 2.67. The largest absolute Gasteiger partial charge is 0.477 e. The minimum absolute atomic E-state index is 0.118. The molecular formula is C11H16N4O5. The third kappa shape index (κ3) is 4.96. The molecule has 0 aromatic carbocycles. The van der Waals surface area contributed by atoms with Crippen molar-refractivity contribution in [3.63, 3.8) is 0 Å². The molecule has 1 aromatic rings. The summed E-state index contributed by atoms with van der Waals surface area (Å²) in [5.41, 5.74) is 5.80. The van der Waals surface area contributed by atoms with E-state index < -0.39 is 12.1 Å². The van der Waals surface area contributed by atoms with E-state index >= 15 is 0 Å². The van der Waals surface area contributed by atoms with Crippen molar-refractivity contribution in [2.45, 2.75) is 20.5 Å². The first-order valence-corrected chi connectivity index (χ1v) is 5.80. The van der Waals surface area contributed by atoms with E-state index in [2.05, 4.69) is 10.3 Å². The molecule has 0 unspecified atom stereocenters. The molecule has 0 fully saturated rings. The molecule has 1 aromatic heterocycles. The Hall–Kier alpha value is -2.58. The van der Waals surface area contributed by atoms with E-state index in [0.29, 0.717) is 11.9 Å². The average molecular weight is 284 g/mol. The number of nitrogen functional groups attached to an aromatic ring is 1. The molecule has 0 radical (unpaired) electrons.